The maximum Gasteiger partial charge on any atom is 0.0392 e. The van der Waals surface area contributed by atoms with Gasteiger partial charge in [0.1, 0.15) is 0 Å². The van der Waals surface area contributed by atoms with Gasteiger partial charge in [-0.05, 0) is 42.2 Å². The summed E-state index contributed by atoms with van der Waals surface area (Å²) in [6, 6.07) is 6.42. The summed E-state index contributed by atoms with van der Waals surface area (Å²) in [5.74, 6) is 0.592. The average molecular weight is 195 g/mol. The fourth-order valence-corrected chi connectivity index (χ4v) is 2.31. The van der Waals surface area contributed by atoms with E-state index in [1.165, 1.54) is 10.9 Å². The maximum absolute atomic E-state index is 5.91. The number of benzene rings is 1. The average Bonchev–Trinajstić information content (AvgIpc) is 2.04. The van der Waals surface area contributed by atoms with E-state index in [1.807, 2.05) is 6.07 Å². The second-order valence-corrected chi connectivity index (χ2v) is 6.14. The molecule has 1 aromatic carbocycles. The van der Waals surface area contributed by atoms with Gasteiger partial charge in [-0.25, -0.2) is 0 Å². The molecule has 0 amide bonds. The first kappa shape index (κ1) is 10.5. The molecule has 1 rings (SSSR count). The molecule has 0 saturated heterocycles. The molecule has 72 valence electrons. The van der Waals surface area contributed by atoms with Gasteiger partial charge in [0, 0.05) is 5.69 Å². The normalized spacial score (nSPS) is 11.2. The molecule has 0 atom stereocenters. The Kier molecular flexibility index (Phi) is 3.33. The lowest BCUT2D eigenvalue weighted by molar-refractivity contribution is 0.868. The van der Waals surface area contributed by atoms with Gasteiger partial charge in [-0.3, -0.25) is 0 Å². The largest absolute Gasteiger partial charge is 0.398 e. The zero-order valence-corrected chi connectivity index (χ0v) is 9.73. The van der Waals surface area contributed by atoms with Crippen LogP contribution in [-0.2, 0) is 0 Å². The Balaban J connectivity index is 3.11. The van der Waals surface area contributed by atoms with Crippen LogP contribution in [0.2, 0.25) is 0 Å². The van der Waals surface area contributed by atoms with Crippen molar-refractivity contribution in [2.24, 2.45) is 0 Å². The molecule has 0 aliphatic carbocycles. The van der Waals surface area contributed by atoms with E-state index in [9.17, 15) is 0 Å². The highest BCUT2D eigenvalue weighted by Crippen LogP contribution is 2.28. The Morgan fingerprint density at radius 2 is 1.85 bits per heavy atom. The third-order valence-electron chi connectivity index (χ3n) is 2.20. The summed E-state index contributed by atoms with van der Waals surface area (Å²) in [5, 5.41) is 1.33. The second-order valence-electron chi connectivity index (χ2n) is 3.87. The number of anilines is 1. The minimum atomic E-state index is -0.0824. The van der Waals surface area contributed by atoms with E-state index in [0.29, 0.717) is 5.92 Å². The summed E-state index contributed by atoms with van der Waals surface area (Å²) >= 11 is 0. The number of rotatable bonds is 2. The lowest BCUT2D eigenvalue weighted by atomic mass is 10.0. The highest BCUT2D eigenvalue weighted by Gasteiger charge is 2.06. The van der Waals surface area contributed by atoms with Gasteiger partial charge in [0.15, 0.2) is 0 Å². The second kappa shape index (κ2) is 4.11. The van der Waals surface area contributed by atoms with Crippen molar-refractivity contribution in [3.05, 3.63) is 23.8 Å². The third-order valence-corrected chi connectivity index (χ3v) is 3.55. The highest BCUT2D eigenvalue weighted by molar-refractivity contribution is 7.64. The van der Waals surface area contributed by atoms with Crippen LogP contribution in [0.3, 0.4) is 0 Å². The number of nitrogen functional groups attached to an aromatic ring is 1. The monoisotopic (exact) mass is 195 g/mol. The molecule has 0 fully saturated rings. The molecule has 0 aliphatic rings. The molecule has 0 saturated carbocycles. The molecule has 0 unspecified atom stereocenters. The predicted molar refractivity (Wildman–Crippen MR) is 63.3 cm³/mol. The number of hydrogen-bond donors (Lipinski definition) is 1. The molecule has 1 aromatic rings. The molecular formula is C11H18NP. The SMILES string of the molecule is CC(C)c1ccc(N)c(P(C)C)c1. The Morgan fingerprint density at radius 1 is 1.23 bits per heavy atom. The van der Waals surface area contributed by atoms with Crippen molar-refractivity contribution in [3.8, 4) is 0 Å². The summed E-state index contributed by atoms with van der Waals surface area (Å²) in [7, 11) is -0.0824. The Hall–Kier alpha value is -0.550. The minimum Gasteiger partial charge on any atom is -0.398 e. The Bertz CT molecular complexity index is 292. The molecule has 0 aliphatic heterocycles. The summed E-state index contributed by atoms with van der Waals surface area (Å²) in [6.45, 7) is 8.90. The molecule has 13 heavy (non-hydrogen) atoms. The van der Waals surface area contributed by atoms with Crippen molar-refractivity contribution >= 4 is 18.9 Å². The van der Waals surface area contributed by atoms with Crippen LogP contribution in [0.1, 0.15) is 25.3 Å². The van der Waals surface area contributed by atoms with Gasteiger partial charge >= 0.3 is 0 Å². The summed E-state index contributed by atoms with van der Waals surface area (Å²) in [4.78, 5) is 0. The topological polar surface area (TPSA) is 26.0 Å². The van der Waals surface area contributed by atoms with Crippen LogP contribution >= 0.6 is 7.92 Å². The lowest BCUT2D eigenvalue weighted by Gasteiger charge is -2.13. The molecule has 2 N–H and O–H groups in total. The van der Waals surface area contributed by atoms with Crippen molar-refractivity contribution in [2.45, 2.75) is 19.8 Å². The summed E-state index contributed by atoms with van der Waals surface area (Å²) < 4.78 is 0. The third kappa shape index (κ3) is 2.45. The van der Waals surface area contributed by atoms with Gasteiger partial charge in [-0.15, -0.1) is 0 Å². The van der Waals surface area contributed by atoms with Crippen LogP contribution in [0.5, 0.6) is 0 Å². The molecule has 0 radical (unpaired) electrons. The lowest BCUT2D eigenvalue weighted by Crippen LogP contribution is -2.08. The zero-order chi connectivity index (χ0) is 10.0. The van der Waals surface area contributed by atoms with E-state index < -0.39 is 0 Å². The fraction of sp³-hybridized carbons (Fsp3) is 0.455. The molecule has 2 heteroatoms. The predicted octanol–water partition coefficient (Wildman–Crippen LogP) is 2.76. The van der Waals surface area contributed by atoms with E-state index >= 15 is 0 Å². The van der Waals surface area contributed by atoms with E-state index in [2.05, 4.69) is 39.3 Å². The van der Waals surface area contributed by atoms with Crippen molar-refractivity contribution in [1.82, 2.24) is 0 Å². The number of nitrogens with two attached hydrogens (primary N) is 1. The smallest absolute Gasteiger partial charge is 0.0392 e. The van der Waals surface area contributed by atoms with Gasteiger partial charge in [0.25, 0.3) is 0 Å². The fourth-order valence-electron chi connectivity index (χ4n) is 1.31. The molecule has 0 aromatic heterocycles. The maximum atomic E-state index is 5.91. The van der Waals surface area contributed by atoms with Gasteiger partial charge < -0.3 is 5.73 Å². The van der Waals surface area contributed by atoms with Crippen LogP contribution in [0.15, 0.2) is 18.2 Å². The van der Waals surface area contributed by atoms with Gasteiger partial charge in [0.2, 0.25) is 0 Å². The standard InChI is InChI=1S/C11H18NP/c1-8(2)9-5-6-10(12)11(7-9)13(3)4/h5-8H,12H2,1-4H3. The first-order chi connectivity index (χ1) is 6.02. The first-order valence-electron chi connectivity index (χ1n) is 4.59. The van der Waals surface area contributed by atoms with Crippen LogP contribution in [0, 0.1) is 0 Å². The van der Waals surface area contributed by atoms with Gasteiger partial charge in [-0.2, -0.15) is 0 Å². The zero-order valence-electron chi connectivity index (χ0n) is 8.83. The minimum absolute atomic E-state index is 0.0824. The summed E-state index contributed by atoms with van der Waals surface area (Å²) in [5.41, 5.74) is 8.24. The van der Waals surface area contributed by atoms with E-state index in [0.717, 1.165) is 5.69 Å². The van der Waals surface area contributed by atoms with E-state index in [-0.39, 0.29) is 7.92 Å². The van der Waals surface area contributed by atoms with Crippen LogP contribution in [-0.4, -0.2) is 13.3 Å². The van der Waals surface area contributed by atoms with Crippen LogP contribution in [0.25, 0.3) is 0 Å². The van der Waals surface area contributed by atoms with Crippen molar-refractivity contribution in [3.63, 3.8) is 0 Å². The van der Waals surface area contributed by atoms with Crippen LogP contribution in [0.4, 0.5) is 5.69 Å². The Morgan fingerprint density at radius 3 is 2.31 bits per heavy atom. The van der Waals surface area contributed by atoms with Crippen molar-refractivity contribution in [2.75, 3.05) is 19.1 Å². The van der Waals surface area contributed by atoms with Crippen molar-refractivity contribution < 1.29 is 0 Å². The molecule has 0 bridgehead atoms. The molecule has 1 nitrogen and oxygen atoms in total. The van der Waals surface area contributed by atoms with Crippen molar-refractivity contribution in [1.29, 1.82) is 0 Å². The molecule has 0 heterocycles. The Labute approximate surface area is 82.1 Å². The van der Waals surface area contributed by atoms with E-state index in [1.54, 1.807) is 0 Å². The highest BCUT2D eigenvalue weighted by atomic mass is 31.1. The molecular weight excluding hydrogens is 177 g/mol. The number of hydrogen-bond acceptors (Lipinski definition) is 1. The van der Waals surface area contributed by atoms with Gasteiger partial charge in [0.05, 0.1) is 0 Å². The van der Waals surface area contributed by atoms with Gasteiger partial charge in [-0.1, -0.05) is 27.8 Å². The first-order valence-corrected chi connectivity index (χ1v) is 6.82. The molecule has 0 spiro atoms. The van der Waals surface area contributed by atoms with Crippen LogP contribution < -0.4 is 11.0 Å². The quantitative estimate of drug-likeness (QED) is 0.570. The van der Waals surface area contributed by atoms with E-state index in [4.69, 9.17) is 5.73 Å². The summed E-state index contributed by atoms with van der Waals surface area (Å²) in [6.07, 6.45) is 0.